The molecule has 0 bridgehead atoms. The van der Waals surface area contributed by atoms with Crippen LogP contribution in [0.15, 0.2) is 24.3 Å². The summed E-state index contributed by atoms with van der Waals surface area (Å²) >= 11 is 9.35. The molecule has 0 rings (SSSR count). The average molecular weight is 948 g/mol. The molecule has 0 aromatic heterocycles. The zero-order chi connectivity index (χ0) is 36.2. The van der Waals surface area contributed by atoms with Crippen molar-refractivity contribution in [2.45, 2.75) is 204 Å². The molecule has 0 heterocycles. The van der Waals surface area contributed by atoms with E-state index in [9.17, 15) is 13.7 Å². The van der Waals surface area contributed by atoms with Crippen LogP contribution in [-0.4, -0.2) is 9.79 Å². The van der Waals surface area contributed by atoms with Crippen molar-refractivity contribution in [1.82, 2.24) is 0 Å². The van der Waals surface area contributed by atoms with Crippen molar-refractivity contribution in [1.29, 1.82) is 0 Å². The molecular formula is C36H75Ni4O7P3. The first-order chi connectivity index (χ1) is 23.3. The van der Waals surface area contributed by atoms with Gasteiger partial charge in [0.15, 0.2) is 0 Å². The van der Waals surface area contributed by atoms with E-state index in [1.807, 2.05) is 0 Å². The number of rotatable bonds is 34. The number of hydrogen-bond acceptors (Lipinski definition) is 5. The van der Waals surface area contributed by atoms with Gasteiger partial charge in [-0.05, 0) is 0 Å². The normalized spacial score (nSPS) is 12.7. The van der Waals surface area contributed by atoms with Gasteiger partial charge in [-0.3, -0.25) is 13.7 Å². The molecule has 7 nitrogen and oxygen atoms in total. The Kier molecular flexibility index (Phi) is 70.6. The first kappa shape index (κ1) is 61.2. The third-order valence-electron chi connectivity index (χ3n) is 7.59. The fourth-order valence-electron chi connectivity index (χ4n) is 4.82. The molecule has 0 saturated heterocycles. The largest absolute Gasteiger partial charge is 0.333 e. The van der Waals surface area contributed by atoms with Gasteiger partial charge in [0.05, 0.1) is 0 Å². The summed E-state index contributed by atoms with van der Waals surface area (Å²) in [7, 11) is -9.98. The molecule has 0 amide bonds. The van der Waals surface area contributed by atoms with Crippen molar-refractivity contribution in [3.05, 3.63) is 24.3 Å². The zero-order valence-electron chi connectivity index (χ0n) is 31.2. The van der Waals surface area contributed by atoms with Crippen molar-refractivity contribution in [2.75, 3.05) is 0 Å². The summed E-state index contributed by atoms with van der Waals surface area (Å²) < 4.78 is 36.9. The molecule has 0 aliphatic carbocycles. The average Bonchev–Trinajstić information content (AvgIpc) is 3.04. The molecule has 50 heavy (non-hydrogen) atoms. The Bertz CT molecular complexity index is 694. The molecule has 2 atom stereocenters. The summed E-state index contributed by atoms with van der Waals surface area (Å²) in [6.07, 6.45) is 48.1. The third-order valence-corrected chi connectivity index (χ3v) is 11.0. The van der Waals surface area contributed by atoms with Gasteiger partial charge in [0, 0.05) is 33.0 Å². The van der Waals surface area contributed by atoms with Crippen LogP contribution in [0.25, 0.3) is 0 Å². The van der Waals surface area contributed by atoms with Gasteiger partial charge in [0.2, 0.25) is 0 Å². The number of hydrogen-bond donors (Lipinski definition) is 2. The molecule has 2 unspecified atom stereocenters. The van der Waals surface area contributed by atoms with Crippen LogP contribution in [0.4, 0.5) is 0 Å². The van der Waals surface area contributed by atoms with Crippen LogP contribution < -0.4 is 0 Å². The fourth-order valence-corrected chi connectivity index (χ4v) is 6.99. The van der Waals surface area contributed by atoms with Crippen molar-refractivity contribution in [3.8, 4) is 0 Å². The van der Waals surface area contributed by atoms with E-state index in [0.717, 1.165) is 10.8 Å². The smallest absolute Gasteiger partial charge is 0.326 e. The van der Waals surface area contributed by atoms with Crippen LogP contribution in [0.5, 0.6) is 0 Å². The summed E-state index contributed by atoms with van der Waals surface area (Å²) in [5.41, 5.74) is 0. The van der Waals surface area contributed by atoms with Crippen molar-refractivity contribution in [3.63, 3.8) is 0 Å². The quantitative estimate of drug-likeness (QED) is 0.0286. The molecule has 0 fully saturated rings. The van der Waals surface area contributed by atoms with Crippen LogP contribution in [-0.2, 0) is 86.2 Å². The van der Waals surface area contributed by atoms with Crippen LogP contribution >= 0.6 is 24.8 Å². The molecule has 0 aliphatic heterocycles. The minimum absolute atomic E-state index is 0. The van der Waals surface area contributed by atoms with Gasteiger partial charge in [-0.2, -0.15) is 0 Å². The van der Waals surface area contributed by atoms with Gasteiger partial charge in [-0.1, -0.05) is 78.1 Å². The monoisotopic (exact) mass is 944 g/mol. The number of unbranched alkanes of at least 4 members (excludes halogenated alkanes) is 24. The van der Waals surface area contributed by atoms with Gasteiger partial charge < -0.3 is 9.79 Å². The Morgan fingerprint density at radius 1 is 0.420 bits per heavy atom. The summed E-state index contributed by atoms with van der Waals surface area (Å²) in [6.45, 7) is 4.56. The number of allylic oxidation sites excluding steroid dienone is 4. The Balaban J connectivity index is -0.000000208. The van der Waals surface area contributed by atoms with E-state index < -0.39 is 24.8 Å². The van der Waals surface area contributed by atoms with Crippen molar-refractivity contribution >= 4 is 24.8 Å². The maximum absolute atomic E-state index is 10.1. The predicted octanol–water partition coefficient (Wildman–Crippen LogP) is 14.1. The Morgan fingerprint density at radius 3 is 0.860 bits per heavy atom. The molecule has 0 aliphatic rings. The molecular weight excluding hydrogens is 872 g/mol. The summed E-state index contributed by atoms with van der Waals surface area (Å²) in [6, 6.07) is 0. The van der Waals surface area contributed by atoms with E-state index >= 15 is 0 Å². The minimum Gasteiger partial charge on any atom is -0.326 e. The second-order valence-corrected chi connectivity index (χ2v) is 16.4. The van der Waals surface area contributed by atoms with E-state index in [1.165, 1.54) is 180 Å². The van der Waals surface area contributed by atoms with Crippen LogP contribution in [0, 0.1) is 0 Å². The maximum Gasteiger partial charge on any atom is 0.333 e. The van der Waals surface area contributed by atoms with Gasteiger partial charge in [0.25, 0.3) is 0 Å². The van der Waals surface area contributed by atoms with Crippen molar-refractivity contribution < 1.29 is 96.0 Å². The van der Waals surface area contributed by atoms with E-state index in [4.69, 9.17) is 9.79 Å². The van der Waals surface area contributed by atoms with Gasteiger partial charge in [-0.25, -0.2) is 8.62 Å². The zero-order valence-corrected chi connectivity index (χ0v) is 38.2. The Hall–Kier alpha value is 1.98. The fraction of sp³-hybridized carbons (Fsp3) is 0.889. The van der Waals surface area contributed by atoms with Gasteiger partial charge in [0.1, 0.15) is 0 Å². The topological polar surface area (TPSA) is 110 Å². The van der Waals surface area contributed by atoms with E-state index in [0.29, 0.717) is 0 Å². The third kappa shape index (κ3) is 68.0. The van der Waals surface area contributed by atoms with Crippen LogP contribution in [0.1, 0.15) is 194 Å². The van der Waals surface area contributed by atoms with Crippen LogP contribution in [0.2, 0.25) is 10.8 Å². The van der Waals surface area contributed by atoms with Gasteiger partial charge in [-0.15, -0.1) is 0 Å². The van der Waals surface area contributed by atoms with Crippen LogP contribution in [0.3, 0.4) is 0 Å². The van der Waals surface area contributed by atoms with Gasteiger partial charge >= 0.3 is 206 Å². The summed E-state index contributed by atoms with van der Waals surface area (Å²) in [5, 5.41) is 1.97. The standard InChI is InChI=1S/2C18H35.4Ni.H5O7P3/c2*1-3-5-7-9-11-13-15-17-18-16-14-12-10-8-6-4-2;;;;;1-8(2)6-10(5)7-9(3)4/h2*17-18H,1,3-16H2,2H3;;;;;8-10H,(H,1,2)(H,3,4)/b2*18-17-;;;;;. The second-order valence-electron chi connectivity index (χ2n) is 12.2. The van der Waals surface area contributed by atoms with Crippen molar-refractivity contribution in [2.24, 2.45) is 0 Å². The van der Waals surface area contributed by atoms with E-state index in [1.54, 1.807) is 0 Å². The molecule has 14 heteroatoms. The molecule has 0 saturated carbocycles. The minimum atomic E-state index is -3.35. The SMILES string of the molecule is CCCCCCCC/C=C\CCCCCCC[CH2][Ni].CCCCCCCC/C=C\CCCCCCC[CH2][Ni].O=[PH](O)O[PH](=O)O[PH](=O)O.[Ni].[Ni]. The summed E-state index contributed by atoms with van der Waals surface area (Å²) in [5.74, 6) is 0. The molecule has 0 radical (unpaired) electrons. The van der Waals surface area contributed by atoms with E-state index in [2.05, 4.69) is 77.7 Å². The Labute approximate surface area is 347 Å². The van der Waals surface area contributed by atoms with E-state index in [-0.39, 0.29) is 33.0 Å². The molecule has 2 N–H and O–H groups in total. The molecule has 0 aromatic carbocycles. The maximum atomic E-state index is 10.1. The Morgan fingerprint density at radius 2 is 0.640 bits per heavy atom. The first-order valence-corrected chi connectivity index (χ1v) is 24.2. The molecule has 0 spiro atoms. The molecule has 316 valence electrons. The summed E-state index contributed by atoms with van der Waals surface area (Å²) in [4.78, 5) is 15.9. The predicted molar refractivity (Wildman–Crippen MR) is 202 cm³/mol. The molecule has 0 aromatic rings. The second kappa shape index (κ2) is 57.7. The first-order valence-electron chi connectivity index (χ1n) is 19.0.